The molecule has 6 rings (SSSR count). The third-order valence-corrected chi connectivity index (χ3v) is 9.50. The second kappa shape index (κ2) is 10.2. The zero-order valence-corrected chi connectivity index (χ0v) is 21.7. The normalized spacial score (nSPS) is 32.0. The van der Waals surface area contributed by atoms with E-state index in [0.717, 1.165) is 35.7 Å². The molecule has 8 nitrogen and oxygen atoms in total. The monoisotopic (exact) mass is 506 g/mol. The van der Waals surface area contributed by atoms with Crippen LogP contribution in [0, 0.1) is 11.8 Å². The van der Waals surface area contributed by atoms with Crippen LogP contribution in [0.25, 0.3) is 11.0 Å². The Balaban J connectivity index is 1.33. The van der Waals surface area contributed by atoms with Gasteiger partial charge in [-0.3, -0.25) is 14.5 Å². The van der Waals surface area contributed by atoms with Crippen LogP contribution in [0.1, 0.15) is 88.8 Å². The summed E-state index contributed by atoms with van der Waals surface area (Å²) in [6.07, 6.45) is 12.7. The number of piperidine rings is 1. The fourth-order valence-corrected chi connectivity index (χ4v) is 8.18. The molecule has 198 valence electrons. The van der Waals surface area contributed by atoms with Crippen LogP contribution >= 0.6 is 0 Å². The van der Waals surface area contributed by atoms with Crippen LogP contribution in [0.3, 0.4) is 0 Å². The highest BCUT2D eigenvalue weighted by Gasteiger charge is 2.47. The van der Waals surface area contributed by atoms with Gasteiger partial charge in [-0.05, 0) is 68.9 Å². The maximum Gasteiger partial charge on any atom is 0.303 e. The molecule has 4 bridgehead atoms. The molecule has 2 aliphatic heterocycles. The molecule has 0 radical (unpaired) electrons. The lowest BCUT2D eigenvalue weighted by Gasteiger charge is -2.49. The third-order valence-electron chi connectivity index (χ3n) is 9.50. The molecule has 37 heavy (non-hydrogen) atoms. The van der Waals surface area contributed by atoms with E-state index in [0.29, 0.717) is 23.8 Å². The summed E-state index contributed by atoms with van der Waals surface area (Å²) in [6, 6.07) is 9.63. The van der Waals surface area contributed by atoms with Gasteiger partial charge in [0.2, 0.25) is 0 Å². The molecular weight excluding hydrogens is 468 g/mol. The number of carboxylic acids is 1. The van der Waals surface area contributed by atoms with Crippen LogP contribution < -0.4 is 5.56 Å². The quantitative estimate of drug-likeness (QED) is 0.430. The predicted octanol–water partition coefficient (Wildman–Crippen LogP) is 4.75. The second-order valence-electron chi connectivity index (χ2n) is 11.7. The molecule has 2 aliphatic carbocycles. The van der Waals surface area contributed by atoms with Crippen LogP contribution in [-0.2, 0) is 9.63 Å². The Morgan fingerprint density at radius 3 is 2.35 bits per heavy atom. The molecule has 1 aromatic heterocycles. The van der Waals surface area contributed by atoms with Crippen molar-refractivity contribution in [2.75, 3.05) is 7.11 Å². The van der Waals surface area contributed by atoms with Gasteiger partial charge in [-0.1, -0.05) is 36.6 Å². The minimum atomic E-state index is -0.944. The Labute approximate surface area is 217 Å². The maximum absolute atomic E-state index is 14.0. The first kappa shape index (κ1) is 24.6. The largest absolute Gasteiger partial charge is 0.481 e. The number of aliphatic carboxylic acids is 1. The molecule has 8 heteroatoms. The summed E-state index contributed by atoms with van der Waals surface area (Å²) in [5.74, 6) is 0.877. The highest BCUT2D eigenvalue weighted by molar-refractivity contribution is 6.00. The molecule has 1 N–H and O–H groups in total. The Kier molecular flexibility index (Phi) is 6.78. The topological polar surface area (TPSA) is 97.0 Å². The molecule has 2 saturated heterocycles. The van der Waals surface area contributed by atoms with Crippen molar-refractivity contribution in [2.45, 2.75) is 101 Å². The van der Waals surface area contributed by atoms with E-state index in [4.69, 9.17) is 4.84 Å². The van der Waals surface area contributed by atoms with E-state index >= 15 is 0 Å². The van der Waals surface area contributed by atoms with Crippen molar-refractivity contribution in [3.05, 3.63) is 40.3 Å². The first-order valence-corrected chi connectivity index (χ1v) is 14.1. The molecule has 0 amide bonds. The van der Waals surface area contributed by atoms with Crippen molar-refractivity contribution in [3.8, 4) is 0 Å². The van der Waals surface area contributed by atoms with Crippen molar-refractivity contribution in [3.63, 3.8) is 0 Å². The van der Waals surface area contributed by atoms with Crippen LogP contribution in [0.15, 0.2) is 34.2 Å². The number of fused-ring (bicyclic) bond motifs is 5. The number of oxime groups is 1. The van der Waals surface area contributed by atoms with Gasteiger partial charge in [0.05, 0.1) is 17.5 Å². The van der Waals surface area contributed by atoms with E-state index < -0.39 is 5.97 Å². The number of benzene rings is 1. The number of carboxylic acid groups (broad SMARTS) is 1. The zero-order valence-electron chi connectivity index (χ0n) is 21.7. The summed E-state index contributed by atoms with van der Waals surface area (Å²) < 4.78 is 1.95. The number of hydrogen-bond donors (Lipinski definition) is 1. The summed E-state index contributed by atoms with van der Waals surface area (Å²) in [5.41, 5.74) is 1.88. The molecule has 0 spiro atoms. The Morgan fingerprint density at radius 1 is 0.973 bits per heavy atom. The molecule has 4 fully saturated rings. The fourth-order valence-electron chi connectivity index (χ4n) is 8.18. The summed E-state index contributed by atoms with van der Waals surface area (Å²) >= 11 is 0. The number of carbonyl (C=O) groups is 1. The molecular formula is C29H38N4O4. The van der Waals surface area contributed by atoms with Crippen molar-refractivity contribution in [1.82, 2.24) is 14.5 Å². The van der Waals surface area contributed by atoms with Crippen LogP contribution in [0.5, 0.6) is 0 Å². The lowest BCUT2D eigenvalue weighted by molar-refractivity contribution is -0.136. The molecule has 0 unspecified atom stereocenters. The van der Waals surface area contributed by atoms with E-state index in [1.807, 2.05) is 28.8 Å². The van der Waals surface area contributed by atoms with Gasteiger partial charge in [0, 0.05) is 30.6 Å². The maximum atomic E-state index is 14.0. The average Bonchev–Trinajstić information content (AvgIpc) is 3.15. The minimum absolute atomic E-state index is 0.0947. The Bertz CT molecular complexity index is 1230. The highest BCUT2D eigenvalue weighted by atomic mass is 16.6. The number of hydrogen-bond acceptors (Lipinski definition) is 6. The van der Waals surface area contributed by atoms with Gasteiger partial charge in [0.25, 0.3) is 5.56 Å². The molecule has 4 atom stereocenters. The lowest BCUT2D eigenvalue weighted by Crippen LogP contribution is -2.52. The van der Waals surface area contributed by atoms with E-state index in [2.05, 4.69) is 15.0 Å². The van der Waals surface area contributed by atoms with Crippen LogP contribution in [-0.4, -0.2) is 56.5 Å². The standard InChI is InChI=1S/C29H38N4O4/c1-37-31-25(11-12-27(34)35)28-29(36)33(26-8-3-2-7-24(26)30-28)23-16-20-9-10-21(17-23)32(20)22-14-18-5-4-6-19(13-18)15-22/h2-3,7-8,18-23H,4-6,9-17H2,1H3,(H,34,35)/b31-25+/t18-,19-,20-,21-/m1/s1. The van der Waals surface area contributed by atoms with Gasteiger partial charge in [-0.15, -0.1) is 0 Å². The molecule has 4 aliphatic rings. The molecule has 2 saturated carbocycles. The highest BCUT2D eigenvalue weighted by Crippen LogP contribution is 2.48. The smallest absolute Gasteiger partial charge is 0.303 e. The Hall–Kier alpha value is -2.74. The number of nitrogens with zero attached hydrogens (tertiary/aromatic N) is 4. The van der Waals surface area contributed by atoms with Gasteiger partial charge in [0.1, 0.15) is 12.8 Å². The van der Waals surface area contributed by atoms with E-state index in [1.165, 1.54) is 58.5 Å². The second-order valence-corrected chi connectivity index (χ2v) is 11.7. The van der Waals surface area contributed by atoms with Crippen molar-refractivity contribution < 1.29 is 14.7 Å². The zero-order chi connectivity index (χ0) is 25.5. The summed E-state index contributed by atoms with van der Waals surface area (Å²) in [4.78, 5) is 37.8. The molecule has 2 aromatic rings. The van der Waals surface area contributed by atoms with Crippen molar-refractivity contribution >= 4 is 22.7 Å². The molecule has 3 heterocycles. The predicted molar refractivity (Wildman–Crippen MR) is 142 cm³/mol. The van der Waals surface area contributed by atoms with Crippen LogP contribution in [0.2, 0.25) is 0 Å². The summed E-state index contributed by atoms with van der Waals surface area (Å²) in [6.45, 7) is 0. The van der Waals surface area contributed by atoms with E-state index in [-0.39, 0.29) is 30.1 Å². The summed E-state index contributed by atoms with van der Waals surface area (Å²) in [7, 11) is 1.41. The lowest BCUT2D eigenvalue weighted by atomic mass is 9.69. The number of rotatable bonds is 7. The van der Waals surface area contributed by atoms with Gasteiger partial charge in [-0.2, -0.15) is 0 Å². The minimum Gasteiger partial charge on any atom is -0.481 e. The van der Waals surface area contributed by atoms with Crippen molar-refractivity contribution in [1.29, 1.82) is 0 Å². The third kappa shape index (κ3) is 4.69. The van der Waals surface area contributed by atoms with Gasteiger partial charge in [0.15, 0.2) is 5.69 Å². The van der Waals surface area contributed by atoms with Gasteiger partial charge < -0.3 is 14.5 Å². The number of aromatic nitrogens is 2. The first-order chi connectivity index (χ1) is 18.0. The van der Waals surface area contributed by atoms with Gasteiger partial charge in [-0.25, -0.2) is 4.98 Å². The van der Waals surface area contributed by atoms with E-state index in [9.17, 15) is 14.7 Å². The SMILES string of the molecule is CO/N=C(\CCC(=O)O)c1nc2ccccc2n(C2C[C@H]3CC[C@H](C2)N3C2C[C@@H]3CCC[C@@H](C2)C3)c1=O. The van der Waals surface area contributed by atoms with E-state index in [1.54, 1.807) is 0 Å². The first-order valence-electron chi connectivity index (χ1n) is 14.1. The van der Waals surface area contributed by atoms with Crippen LogP contribution in [0.4, 0.5) is 0 Å². The average molecular weight is 507 g/mol. The number of para-hydroxylation sites is 2. The van der Waals surface area contributed by atoms with Gasteiger partial charge >= 0.3 is 5.97 Å². The fraction of sp³-hybridized carbons (Fsp3) is 0.655. The molecule has 1 aromatic carbocycles. The summed E-state index contributed by atoms with van der Waals surface area (Å²) in [5, 5.41) is 13.3. The van der Waals surface area contributed by atoms with Crippen molar-refractivity contribution in [2.24, 2.45) is 17.0 Å². The Morgan fingerprint density at radius 2 is 1.68 bits per heavy atom.